The number of benzene rings is 2. The number of anilines is 2. The highest BCUT2D eigenvalue weighted by Gasteiger charge is 2.30. The average Bonchev–Trinajstić information content (AvgIpc) is 3.33. The number of carbonyl (C=O) groups excluding carboxylic acids is 1. The first-order chi connectivity index (χ1) is 15.4. The molecule has 0 bridgehead atoms. The third-order valence-corrected chi connectivity index (χ3v) is 7.88. The standard InChI is InChI=1S/C24H28ClN3O3S/c25-21-8-9-23(27-13-4-5-14-27)22(18-21)26-24(29)20-10-15-28(16-11-20)32(30,31)17-12-19-6-2-1-3-7-19/h1-3,6-9,12,17-18,20H,4-5,10-11,13-16H2,(H,26,29). The molecular formula is C24H28ClN3O3S. The molecule has 4 rings (SSSR count). The van der Waals surface area contributed by atoms with Gasteiger partial charge in [0.25, 0.3) is 0 Å². The molecule has 1 amide bonds. The van der Waals surface area contributed by atoms with E-state index in [0.717, 1.165) is 42.9 Å². The predicted molar refractivity (Wildman–Crippen MR) is 130 cm³/mol. The Balaban J connectivity index is 1.37. The molecule has 2 saturated heterocycles. The molecule has 0 saturated carbocycles. The van der Waals surface area contributed by atoms with Crippen LogP contribution in [0.5, 0.6) is 0 Å². The van der Waals surface area contributed by atoms with Gasteiger partial charge in [-0.05, 0) is 55.5 Å². The lowest BCUT2D eigenvalue weighted by atomic mass is 9.97. The summed E-state index contributed by atoms with van der Waals surface area (Å²) in [4.78, 5) is 15.2. The number of rotatable bonds is 6. The zero-order valence-electron chi connectivity index (χ0n) is 17.9. The largest absolute Gasteiger partial charge is 0.370 e. The van der Waals surface area contributed by atoms with Gasteiger partial charge in [0.15, 0.2) is 0 Å². The van der Waals surface area contributed by atoms with Crippen molar-refractivity contribution in [1.29, 1.82) is 0 Å². The Kier molecular flexibility index (Phi) is 7.18. The molecule has 1 N–H and O–H groups in total. The first-order valence-electron chi connectivity index (χ1n) is 11.0. The van der Waals surface area contributed by atoms with Gasteiger partial charge in [0.2, 0.25) is 15.9 Å². The predicted octanol–water partition coefficient (Wildman–Crippen LogP) is 4.59. The van der Waals surface area contributed by atoms with Crippen LogP contribution in [0.2, 0.25) is 5.02 Å². The first kappa shape index (κ1) is 22.8. The summed E-state index contributed by atoms with van der Waals surface area (Å²) in [6, 6.07) is 14.9. The van der Waals surface area contributed by atoms with E-state index in [9.17, 15) is 13.2 Å². The van der Waals surface area contributed by atoms with E-state index in [1.54, 1.807) is 12.1 Å². The number of carbonyl (C=O) groups is 1. The molecule has 0 atom stereocenters. The van der Waals surface area contributed by atoms with Gasteiger partial charge in [0, 0.05) is 42.5 Å². The second kappa shape index (κ2) is 10.1. The van der Waals surface area contributed by atoms with Gasteiger partial charge in [0.1, 0.15) is 0 Å². The van der Waals surface area contributed by atoms with Crippen LogP contribution in [0.25, 0.3) is 6.08 Å². The summed E-state index contributed by atoms with van der Waals surface area (Å²) < 4.78 is 26.8. The van der Waals surface area contributed by atoms with Crippen LogP contribution >= 0.6 is 11.6 Å². The lowest BCUT2D eigenvalue weighted by molar-refractivity contribution is -0.120. The monoisotopic (exact) mass is 473 g/mol. The summed E-state index contributed by atoms with van der Waals surface area (Å²) in [5.74, 6) is -0.311. The van der Waals surface area contributed by atoms with Crippen molar-refractivity contribution in [3.63, 3.8) is 0 Å². The molecule has 32 heavy (non-hydrogen) atoms. The molecule has 2 aromatic carbocycles. The number of nitrogens with one attached hydrogen (secondary N) is 1. The van der Waals surface area contributed by atoms with Gasteiger partial charge in [-0.3, -0.25) is 4.79 Å². The second-order valence-corrected chi connectivity index (χ2v) is 10.5. The number of amides is 1. The van der Waals surface area contributed by atoms with Crippen molar-refractivity contribution >= 4 is 45.0 Å². The van der Waals surface area contributed by atoms with E-state index in [2.05, 4.69) is 10.2 Å². The van der Waals surface area contributed by atoms with Crippen LogP contribution in [0.4, 0.5) is 11.4 Å². The van der Waals surface area contributed by atoms with Gasteiger partial charge in [-0.1, -0.05) is 41.9 Å². The topological polar surface area (TPSA) is 69.7 Å². The zero-order chi connectivity index (χ0) is 22.6. The lowest BCUT2D eigenvalue weighted by Crippen LogP contribution is -2.40. The van der Waals surface area contributed by atoms with Crippen LogP contribution < -0.4 is 10.2 Å². The van der Waals surface area contributed by atoms with Crippen LogP contribution in [-0.2, 0) is 14.8 Å². The van der Waals surface area contributed by atoms with Crippen molar-refractivity contribution < 1.29 is 13.2 Å². The normalized spacial score (nSPS) is 18.3. The summed E-state index contributed by atoms with van der Waals surface area (Å²) in [7, 11) is -3.52. The van der Waals surface area contributed by atoms with E-state index in [-0.39, 0.29) is 11.8 Å². The number of piperidine rings is 1. The Hall–Kier alpha value is -2.35. The molecule has 170 valence electrons. The van der Waals surface area contributed by atoms with E-state index in [1.807, 2.05) is 42.5 Å². The fraction of sp³-hybridized carbons (Fsp3) is 0.375. The highest BCUT2D eigenvalue weighted by atomic mass is 35.5. The van der Waals surface area contributed by atoms with Gasteiger partial charge in [-0.15, -0.1) is 0 Å². The fourth-order valence-electron chi connectivity index (χ4n) is 4.26. The number of halogens is 1. The zero-order valence-corrected chi connectivity index (χ0v) is 19.5. The Morgan fingerprint density at radius 1 is 1.00 bits per heavy atom. The lowest BCUT2D eigenvalue weighted by Gasteiger charge is -2.30. The molecule has 0 unspecified atom stereocenters. The Labute approximate surface area is 194 Å². The Morgan fingerprint density at radius 3 is 2.38 bits per heavy atom. The molecule has 0 spiro atoms. The highest BCUT2D eigenvalue weighted by Crippen LogP contribution is 2.32. The van der Waals surface area contributed by atoms with E-state index in [0.29, 0.717) is 31.0 Å². The molecule has 0 radical (unpaired) electrons. The van der Waals surface area contributed by atoms with E-state index >= 15 is 0 Å². The van der Waals surface area contributed by atoms with Crippen LogP contribution in [-0.4, -0.2) is 44.8 Å². The van der Waals surface area contributed by atoms with Crippen molar-refractivity contribution in [3.05, 3.63) is 64.5 Å². The minimum atomic E-state index is -3.52. The van der Waals surface area contributed by atoms with E-state index < -0.39 is 10.0 Å². The average molecular weight is 474 g/mol. The van der Waals surface area contributed by atoms with Crippen LogP contribution in [0, 0.1) is 5.92 Å². The maximum absolute atomic E-state index is 13.0. The quantitative estimate of drug-likeness (QED) is 0.666. The second-order valence-electron chi connectivity index (χ2n) is 8.28. The maximum Gasteiger partial charge on any atom is 0.236 e. The highest BCUT2D eigenvalue weighted by molar-refractivity contribution is 7.92. The van der Waals surface area contributed by atoms with Gasteiger partial charge in [0.05, 0.1) is 11.4 Å². The van der Waals surface area contributed by atoms with Crippen LogP contribution in [0.3, 0.4) is 0 Å². The smallest absolute Gasteiger partial charge is 0.236 e. The van der Waals surface area contributed by atoms with Crippen molar-refractivity contribution in [2.24, 2.45) is 5.92 Å². The molecule has 2 aliphatic heterocycles. The summed E-state index contributed by atoms with van der Waals surface area (Å²) in [6.45, 7) is 2.59. The molecule has 2 heterocycles. The van der Waals surface area contributed by atoms with Crippen molar-refractivity contribution in [3.8, 4) is 0 Å². The molecule has 0 aromatic heterocycles. The SMILES string of the molecule is O=C(Nc1cc(Cl)ccc1N1CCCC1)C1CCN(S(=O)(=O)C=Cc2ccccc2)CC1. The number of hydrogen-bond donors (Lipinski definition) is 1. The molecule has 8 heteroatoms. The molecule has 2 aromatic rings. The molecule has 0 aliphatic carbocycles. The molecule has 2 aliphatic rings. The van der Waals surface area contributed by atoms with Crippen molar-refractivity contribution in [2.45, 2.75) is 25.7 Å². The number of sulfonamides is 1. The minimum absolute atomic E-state index is 0.0791. The van der Waals surface area contributed by atoms with Gasteiger partial charge >= 0.3 is 0 Å². The fourth-order valence-corrected chi connectivity index (χ4v) is 5.66. The minimum Gasteiger partial charge on any atom is -0.370 e. The molecule has 2 fully saturated rings. The molecule has 6 nitrogen and oxygen atoms in total. The van der Waals surface area contributed by atoms with E-state index in [4.69, 9.17) is 11.6 Å². The summed E-state index contributed by atoms with van der Waals surface area (Å²) in [5, 5.41) is 4.88. The Morgan fingerprint density at radius 2 is 1.69 bits per heavy atom. The van der Waals surface area contributed by atoms with Gasteiger partial charge < -0.3 is 10.2 Å². The number of hydrogen-bond acceptors (Lipinski definition) is 4. The van der Waals surface area contributed by atoms with Gasteiger partial charge in [-0.25, -0.2) is 8.42 Å². The Bertz CT molecular complexity index is 1070. The summed E-state index contributed by atoms with van der Waals surface area (Å²) in [6.07, 6.45) is 4.87. The summed E-state index contributed by atoms with van der Waals surface area (Å²) in [5.41, 5.74) is 2.55. The third-order valence-electron chi connectivity index (χ3n) is 6.08. The number of nitrogens with zero attached hydrogens (tertiary/aromatic N) is 2. The van der Waals surface area contributed by atoms with Crippen molar-refractivity contribution in [1.82, 2.24) is 4.31 Å². The van der Waals surface area contributed by atoms with E-state index in [1.165, 1.54) is 9.71 Å². The van der Waals surface area contributed by atoms with Crippen LogP contribution in [0.1, 0.15) is 31.2 Å². The van der Waals surface area contributed by atoms with Gasteiger partial charge in [-0.2, -0.15) is 4.31 Å². The maximum atomic E-state index is 13.0. The molecular weight excluding hydrogens is 446 g/mol. The van der Waals surface area contributed by atoms with Crippen molar-refractivity contribution in [2.75, 3.05) is 36.4 Å². The summed E-state index contributed by atoms with van der Waals surface area (Å²) >= 11 is 6.19. The van der Waals surface area contributed by atoms with Crippen LogP contribution in [0.15, 0.2) is 53.9 Å². The first-order valence-corrected chi connectivity index (χ1v) is 12.9. The third kappa shape index (κ3) is 5.52.